The number of nitrogens with one attached hydrogen (secondary N) is 1. The van der Waals surface area contributed by atoms with Gasteiger partial charge in [-0.2, -0.15) is 0 Å². The Bertz CT molecular complexity index is 653. The molecule has 1 amide bonds. The molecule has 24 heavy (non-hydrogen) atoms. The predicted octanol–water partition coefficient (Wildman–Crippen LogP) is 1.52. The normalized spacial score (nSPS) is 16.9. The van der Waals surface area contributed by atoms with Crippen LogP contribution in [-0.4, -0.2) is 43.5 Å². The van der Waals surface area contributed by atoms with Crippen LogP contribution in [0.1, 0.15) is 38.2 Å². The molecule has 0 saturated carbocycles. The van der Waals surface area contributed by atoms with Gasteiger partial charge in [0.25, 0.3) is 0 Å². The summed E-state index contributed by atoms with van der Waals surface area (Å²) in [5, 5.41) is 3.01. The fraction of sp³-hybridized carbons (Fsp3) is 0.588. The van der Waals surface area contributed by atoms with E-state index in [0.29, 0.717) is 50.9 Å². The number of carbonyl (C=O) groups is 1. The highest BCUT2D eigenvalue weighted by Gasteiger charge is 2.27. The first-order valence-electron chi connectivity index (χ1n) is 8.53. The highest BCUT2D eigenvalue weighted by molar-refractivity contribution is 7.89. The Morgan fingerprint density at radius 1 is 1.29 bits per heavy atom. The lowest BCUT2D eigenvalue weighted by molar-refractivity contribution is -0.122. The summed E-state index contributed by atoms with van der Waals surface area (Å²) in [6.07, 6.45) is 2.97. The monoisotopic (exact) mass is 353 g/mol. The number of nitrogens with two attached hydrogens (primary N) is 1. The lowest BCUT2D eigenvalue weighted by atomic mass is 10.0. The van der Waals surface area contributed by atoms with Gasteiger partial charge in [0.05, 0.1) is 5.75 Å². The van der Waals surface area contributed by atoms with Crippen LogP contribution < -0.4 is 11.1 Å². The maximum Gasteiger partial charge on any atom is 0.220 e. The Labute approximate surface area is 144 Å². The van der Waals surface area contributed by atoms with Crippen LogP contribution in [0, 0.1) is 0 Å². The minimum Gasteiger partial charge on any atom is -0.399 e. The Morgan fingerprint density at radius 3 is 2.58 bits per heavy atom. The Morgan fingerprint density at radius 2 is 1.96 bits per heavy atom. The van der Waals surface area contributed by atoms with E-state index in [1.165, 1.54) is 0 Å². The summed E-state index contributed by atoms with van der Waals surface area (Å²) in [5.41, 5.74) is 7.57. The van der Waals surface area contributed by atoms with Gasteiger partial charge in [0, 0.05) is 31.2 Å². The van der Waals surface area contributed by atoms with Crippen molar-refractivity contribution in [1.82, 2.24) is 9.62 Å². The van der Waals surface area contributed by atoms with Crippen molar-refractivity contribution in [2.45, 2.75) is 45.1 Å². The molecule has 0 aliphatic carbocycles. The van der Waals surface area contributed by atoms with Crippen LogP contribution in [0.2, 0.25) is 0 Å². The number of aryl methyl sites for hydroxylation is 1. The van der Waals surface area contributed by atoms with Crippen LogP contribution in [0.25, 0.3) is 0 Å². The summed E-state index contributed by atoms with van der Waals surface area (Å²) in [4.78, 5) is 12.1. The molecule has 7 heteroatoms. The van der Waals surface area contributed by atoms with Crippen LogP contribution in [0.3, 0.4) is 0 Å². The van der Waals surface area contributed by atoms with Crippen molar-refractivity contribution in [3.63, 3.8) is 0 Å². The third kappa shape index (κ3) is 5.21. The molecule has 1 fully saturated rings. The van der Waals surface area contributed by atoms with Gasteiger partial charge in [0.2, 0.25) is 15.9 Å². The van der Waals surface area contributed by atoms with Crippen LogP contribution >= 0.6 is 0 Å². The van der Waals surface area contributed by atoms with E-state index in [9.17, 15) is 13.2 Å². The largest absolute Gasteiger partial charge is 0.399 e. The molecule has 0 aromatic heterocycles. The number of amides is 1. The van der Waals surface area contributed by atoms with Crippen molar-refractivity contribution < 1.29 is 13.2 Å². The first-order chi connectivity index (χ1) is 11.4. The Balaban J connectivity index is 1.75. The van der Waals surface area contributed by atoms with E-state index in [1.807, 2.05) is 31.2 Å². The minimum atomic E-state index is -3.13. The lowest BCUT2D eigenvalue weighted by Crippen LogP contribution is -2.47. The average molecular weight is 353 g/mol. The van der Waals surface area contributed by atoms with Gasteiger partial charge < -0.3 is 11.1 Å². The minimum absolute atomic E-state index is 0.00637. The molecule has 1 aliphatic rings. The molecule has 1 saturated heterocycles. The van der Waals surface area contributed by atoms with Crippen LogP contribution in [-0.2, 0) is 21.2 Å². The smallest absolute Gasteiger partial charge is 0.220 e. The van der Waals surface area contributed by atoms with Gasteiger partial charge in [-0.25, -0.2) is 12.7 Å². The highest BCUT2D eigenvalue weighted by atomic mass is 32.2. The Kier molecular flexibility index (Phi) is 6.62. The maximum atomic E-state index is 12.1. The van der Waals surface area contributed by atoms with Crippen molar-refractivity contribution in [1.29, 1.82) is 0 Å². The standard InChI is InChI=1S/C17H27N3O3S/c1-2-13-24(22,23)20-11-9-15(10-12-20)19-17(21)8-7-14-5-3-4-6-16(14)18/h3-6,15H,2,7-13,18H2,1H3,(H,19,21). The molecule has 0 atom stereocenters. The number of para-hydroxylation sites is 1. The zero-order valence-electron chi connectivity index (χ0n) is 14.2. The van der Waals surface area contributed by atoms with Crippen molar-refractivity contribution in [2.75, 3.05) is 24.6 Å². The number of nitrogen functional groups attached to an aromatic ring is 1. The van der Waals surface area contributed by atoms with Crippen molar-refractivity contribution in [3.8, 4) is 0 Å². The number of hydrogen-bond acceptors (Lipinski definition) is 4. The second-order valence-corrected chi connectivity index (χ2v) is 8.34. The molecule has 1 aliphatic heterocycles. The molecule has 1 aromatic rings. The molecule has 0 bridgehead atoms. The molecule has 0 radical (unpaired) electrons. The number of piperidine rings is 1. The molecule has 6 nitrogen and oxygen atoms in total. The summed E-state index contributed by atoms with van der Waals surface area (Å²) in [5.74, 6) is 0.191. The van der Waals surface area contributed by atoms with Gasteiger partial charge in [0.15, 0.2) is 0 Å². The summed E-state index contributed by atoms with van der Waals surface area (Å²) in [7, 11) is -3.13. The van der Waals surface area contributed by atoms with E-state index in [0.717, 1.165) is 5.56 Å². The number of nitrogens with zero attached hydrogens (tertiary/aromatic N) is 1. The topological polar surface area (TPSA) is 92.5 Å². The molecule has 134 valence electrons. The molecule has 0 spiro atoms. The van der Waals surface area contributed by atoms with E-state index in [4.69, 9.17) is 5.73 Å². The first kappa shape index (κ1) is 18.7. The van der Waals surface area contributed by atoms with Crippen molar-refractivity contribution >= 4 is 21.6 Å². The van der Waals surface area contributed by atoms with Gasteiger partial charge in [-0.15, -0.1) is 0 Å². The quantitative estimate of drug-likeness (QED) is 0.727. The van der Waals surface area contributed by atoms with E-state index in [-0.39, 0.29) is 17.7 Å². The second-order valence-electron chi connectivity index (χ2n) is 6.26. The predicted molar refractivity (Wildman–Crippen MR) is 96.0 cm³/mol. The molecular weight excluding hydrogens is 326 g/mol. The second kappa shape index (κ2) is 8.48. The van der Waals surface area contributed by atoms with Gasteiger partial charge in [-0.3, -0.25) is 4.79 Å². The van der Waals surface area contributed by atoms with Gasteiger partial charge in [-0.1, -0.05) is 25.1 Å². The zero-order valence-corrected chi connectivity index (χ0v) is 15.0. The number of benzene rings is 1. The summed E-state index contributed by atoms with van der Waals surface area (Å²) >= 11 is 0. The Hall–Kier alpha value is -1.60. The van der Waals surface area contributed by atoms with Crippen LogP contribution in [0.15, 0.2) is 24.3 Å². The average Bonchev–Trinajstić information content (AvgIpc) is 2.54. The molecule has 1 aromatic carbocycles. The van der Waals surface area contributed by atoms with E-state index >= 15 is 0 Å². The zero-order chi connectivity index (χ0) is 17.6. The van der Waals surface area contributed by atoms with Crippen molar-refractivity contribution in [2.24, 2.45) is 0 Å². The number of carbonyl (C=O) groups excluding carboxylic acids is 1. The molecule has 0 unspecified atom stereocenters. The summed E-state index contributed by atoms with van der Waals surface area (Å²) in [6, 6.07) is 7.60. The van der Waals surface area contributed by atoms with Crippen molar-refractivity contribution in [3.05, 3.63) is 29.8 Å². The van der Waals surface area contributed by atoms with Gasteiger partial charge >= 0.3 is 0 Å². The van der Waals surface area contributed by atoms with Gasteiger partial charge in [0.1, 0.15) is 0 Å². The first-order valence-corrected chi connectivity index (χ1v) is 10.1. The SMILES string of the molecule is CCCS(=O)(=O)N1CCC(NC(=O)CCc2ccccc2N)CC1. The molecular formula is C17H27N3O3S. The maximum absolute atomic E-state index is 12.1. The summed E-state index contributed by atoms with van der Waals surface area (Å²) < 4.78 is 25.6. The molecule has 1 heterocycles. The summed E-state index contributed by atoms with van der Waals surface area (Å²) in [6.45, 7) is 2.84. The number of anilines is 1. The van der Waals surface area contributed by atoms with E-state index in [2.05, 4.69) is 5.32 Å². The molecule has 2 rings (SSSR count). The van der Waals surface area contributed by atoms with E-state index < -0.39 is 10.0 Å². The van der Waals surface area contributed by atoms with Gasteiger partial charge in [-0.05, 0) is 37.3 Å². The third-order valence-electron chi connectivity index (χ3n) is 4.35. The fourth-order valence-electron chi connectivity index (χ4n) is 2.98. The van der Waals surface area contributed by atoms with Crippen LogP contribution in [0.5, 0.6) is 0 Å². The number of sulfonamides is 1. The number of hydrogen-bond donors (Lipinski definition) is 2. The molecule has 3 N–H and O–H groups in total. The number of rotatable bonds is 7. The van der Waals surface area contributed by atoms with E-state index in [1.54, 1.807) is 4.31 Å². The fourth-order valence-corrected chi connectivity index (χ4v) is 4.52. The third-order valence-corrected chi connectivity index (χ3v) is 6.43. The lowest BCUT2D eigenvalue weighted by Gasteiger charge is -2.31. The highest BCUT2D eigenvalue weighted by Crippen LogP contribution is 2.16. The van der Waals surface area contributed by atoms with Crippen LogP contribution in [0.4, 0.5) is 5.69 Å².